The third-order valence-corrected chi connectivity index (χ3v) is 2.97. The van der Waals surface area contributed by atoms with Crippen molar-refractivity contribution in [2.24, 2.45) is 0 Å². The van der Waals surface area contributed by atoms with Crippen molar-refractivity contribution >= 4 is 5.69 Å². The van der Waals surface area contributed by atoms with Gasteiger partial charge in [-0.3, -0.25) is 0 Å². The van der Waals surface area contributed by atoms with E-state index in [1.54, 1.807) is 0 Å². The van der Waals surface area contributed by atoms with Gasteiger partial charge in [-0.1, -0.05) is 12.1 Å². The van der Waals surface area contributed by atoms with Gasteiger partial charge in [-0.05, 0) is 37.5 Å². The van der Waals surface area contributed by atoms with Crippen LogP contribution >= 0.6 is 0 Å². The summed E-state index contributed by atoms with van der Waals surface area (Å²) in [5, 5.41) is 3.61. The standard InChI is InChI=1S/C13H20N2/c1-10(14-12-6-7-12)11-4-8-13(9-5-11)15(2)3/h4-5,8-10,12,14H,6-7H2,1-3H3. The maximum absolute atomic E-state index is 3.61. The summed E-state index contributed by atoms with van der Waals surface area (Å²) in [5.41, 5.74) is 2.64. The van der Waals surface area contributed by atoms with E-state index in [2.05, 4.69) is 55.5 Å². The summed E-state index contributed by atoms with van der Waals surface area (Å²) in [7, 11) is 4.14. The molecule has 0 spiro atoms. The van der Waals surface area contributed by atoms with E-state index >= 15 is 0 Å². The Morgan fingerprint density at radius 2 is 1.80 bits per heavy atom. The molecule has 1 aliphatic carbocycles. The topological polar surface area (TPSA) is 15.3 Å². The van der Waals surface area contributed by atoms with E-state index in [0.29, 0.717) is 6.04 Å². The van der Waals surface area contributed by atoms with Crippen LogP contribution in [0.5, 0.6) is 0 Å². The van der Waals surface area contributed by atoms with Crippen molar-refractivity contribution < 1.29 is 0 Å². The van der Waals surface area contributed by atoms with Crippen LogP contribution < -0.4 is 10.2 Å². The second-order valence-electron chi connectivity index (χ2n) is 4.65. The van der Waals surface area contributed by atoms with Crippen LogP contribution in [0.15, 0.2) is 24.3 Å². The summed E-state index contributed by atoms with van der Waals surface area (Å²) in [6, 6.07) is 10.0. The van der Waals surface area contributed by atoms with E-state index < -0.39 is 0 Å². The third kappa shape index (κ3) is 2.72. The molecule has 1 fully saturated rings. The van der Waals surface area contributed by atoms with Gasteiger partial charge >= 0.3 is 0 Å². The van der Waals surface area contributed by atoms with Gasteiger partial charge in [0.1, 0.15) is 0 Å². The Bertz CT molecular complexity index is 312. The van der Waals surface area contributed by atoms with Gasteiger partial charge in [0.2, 0.25) is 0 Å². The van der Waals surface area contributed by atoms with Crippen LogP contribution in [-0.4, -0.2) is 20.1 Å². The van der Waals surface area contributed by atoms with E-state index in [-0.39, 0.29) is 0 Å². The van der Waals surface area contributed by atoms with Crippen molar-refractivity contribution in [3.05, 3.63) is 29.8 Å². The molecule has 2 heteroatoms. The van der Waals surface area contributed by atoms with Gasteiger partial charge in [0.15, 0.2) is 0 Å². The molecule has 2 nitrogen and oxygen atoms in total. The highest BCUT2D eigenvalue weighted by Crippen LogP contribution is 2.24. The minimum atomic E-state index is 0.480. The van der Waals surface area contributed by atoms with Crippen LogP contribution in [0.2, 0.25) is 0 Å². The lowest BCUT2D eigenvalue weighted by Gasteiger charge is -2.16. The first kappa shape index (κ1) is 10.5. The number of nitrogens with zero attached hydrogens (tertiary/aromatic N) is 1. The Morgan fingerprint density at radius 3 is 2.27 bits per heavy atom. The Hall–Kier alpha value is -1.02. The molecule has 1 aliphatic rings. The van der Waals surface area contributed by atoms with E-state index in [1.165, 1.54) is 24.1 Å². The third-order valence-electron chi connectivity index (χ3n) is 2.97. The molecule has 0 radical (unpaired) electrons. The fourth-order valence-electron chi connectivity index (χ4n) is 1.76. The van der Waals surface area contributed by atoms with E-state index in [0.717, 1.165) is 6.04 Å². The molecule has 0 saturated heterocycles. The second kappa shape index (κ2) is 4.23. The molecule has 15 heavy (non-hydrogen) atoms. The maximum atomic E-state index is 3.61. The smallest absolute Gasteiger partial charge is 0.0361 e. The van der Waals surface area contributed by atoms with Crippen LogP contribution in [0, 0.1) is 0 Å². The summed E-state index contributed by atoms with van der Waals surface area (Å²) in [6.45, 7) is 2.24. The van der Waals surface area contributed by atoms with Crippen molar-refractivity contribution in [1.29, 1.82) is 0 Å². The maximum Gasteiger partial charge on any atom is 0.0361 e. The van der Waals surface area contributed by atoms with E-state index in [1.807, 2.05) is 0 Å². The van der Waals surface area contributed by atoms with Gasteiger partial charge in [0.25, 0.3) is 0 Å². The highest BCUT2D eigenvalue weighted by molar-refractivity contribution is 5.46. The molecule has 0 bridgehead atoms. The average molecular weight is 204 g/mol. The molecule has 0 amide bonds. The Balaban J connectivity index is 2.01. The molecule has 1 atom stereocenters. The van der Waals surface area contributed by atoms with Gasteiger partial charge in [-0.2, -0.15) is 0 Å². The molecule has 1 aromatic rings. The zero-order chi connectivity index (χ0) is 10.8. The lowest BCUT2D eigenvalue weighted by atomic mass is 10.1. The first-order chi connectivity index (χ1) is 7.16. The number of hydrogen-bond acceptors (Lipinski definition) is 2. The second-order valence-corrected chi connectivity index (χ2v) is 4.65. The van der Waals surface area contributed by atoms with Crippen LogP contribution in [0.4, 0.5) is 5.69 Å². The van der Waals surface area contributed by atoms with Crippen LogP contribution in [-0.2, 0) is 0 Å². The SMILES string of the molecule is CC(NC1CC1)c1ccc(N(C)C)cc1. The fourth-order valence-corrected chi connectivity index (χ4v) is 1.76. The lowest BCUT2D eigenvalue weighted by molar-refractivity contribution is 0.571. The number of anilines is 1. The molecule has 82 valence electrons. The molecule has 2 rings (SSSR count). The molecule has 1 N–H and O–H groups in total. The minimum Gasteiger partial charge on any atom is -0.378 e. The Kier molecular flexibility index (Phi) is 2.96. The summed E-state index contributed by atoms with van der Waals surface area (Å²) >= 11 is 0. The summed E-state index contributed by atoms with van der Waals surface area (Å²) in [4.78, 5) is 2.13. The molecule has 1 aromatic carbocycles. The highest BCUT2D eigenvalue weighted by Gasteiger charge is 2.23. The molecule has 0 aliphatic heterocycles. The van der Waals surface area contributed by atoms with Crippen molar-refractivity contribution in [2.75, 3.05) is 19.0 Å². The predicted octanol–water partition coefficient (Wildman–Crippen LogP) is 2.57. The van der Waals surface area contributed by atoms with Crippen molar-refractivity contribution in [2.45, 2.75) is 31.8 Å². The molecule has 0 aromatic heterocycles. The zero-order valence-electron chi connectivity index (χ0n) is 9.83. The predicted molar refractivity (Wildman–Crippen MR) is 65.3 cm³/mol. The average Bonchev–Trinajstić information content (AvgIpc) is 3.02. The van der Waals surface area contributed by atoms with Gasteiger partial charge in [0.05, 0.1) is 0 Å². The fraction of sp³-hybridized carbons (Fsp3) is 0.538. The van der Waals surface area contributed by atoms with Gasteiger partial charge in [-0.25, -0.2) is 0 Å². The van der Waals surface area contributed by atoms with Gasteiger partial charge < -0.3 is 10.2 Å². The van der Waals surface area contributed by atoms with Crippen molar-refractivity contribution in [1.82, 2.24) is 5.32 Å². The number of rotatable bonds is 4. The summed E-state index contributed by atoms with van der Waals surface area (Å²) in [5.74, 6) is 0. The highest BCUT2D eigenvalue weighted by atomic mass is 15.1. The molecule has 0 heterocycles. The quantitative estimate of drug-likeness (QED) is 0.811. The first-order valence-electron chi connectivity index (χ1n) is 5.70. The largest absolute Gasteiger partial charge is 0.378 e. The van der Waals surface area contributed by atoms with Crippen LogP contribution in [0.25, 0.3) is 0 Å². The van der Waals surface area contributed by atoms with E-state index in [9.17, 15) is 0 Å². The minimum absolute atomic E-state index is 0.480. The summed E-state index contributed by atoms with van der Waals surface area (Å²) < 4.78 is 0. The molecular weight excluding hydrogens is 184 g/mol. The number of benzene rings is 1. The normalized spacial score (nSPS) is 17.5. The first-order valence-corrected chi connectivity index (χ1v) is 5.70. The number of nitrogens with one attached hydrogen (secondary N) is 1. The summed E-state index contributed by atoms with van der Waals surface area (Å²) in [6.07, 6.45) is 2.69. The van der Waals surface area contributed by atoms with Crippen LogP contribution in [0.1, 0.15) is 31.4 Å². The Morgan fingerprint density at radius 1 is 1.20 bits per heavy atom. The zero-order valence-corrected chi connectivity index (χ0v) is 9.83. The molecule has 1 unspecified atom stereocenters. The monoisotopic (exact) mass is 204 g/mol. The van der Waals surface area contributed by atoms with Crippen LogP contribution in [0.3, 0.4) is 0 Å². The molecular formula is C13H20N2. The van der Waals surface area contributed by atoms with Crippen molar-refractivity contribution in [3.8, 4) is 0 Å². The van der Waals surface area contributed by atoms with Gasteiger partial charge in [0, 0.05) is 31.9 Å². The van der Waals surface area contributed by atoms with Gasteiger partial charge in [-0.15, -0.1) is 0 Å². The molecule has 1 saturated carbocycles. The Labute approximate surface area is 92.3 Å². The van der Waals surface area contributed by atoms with Crippen molar-refractivity contribution in [3.63, 3.8) is 0 Å². The van der Waals surface area contributed by atoms with E-state index in [4.69, 9.17) is 0 Å². The lowest BCUT2D eigenvalue weighted by Crippen LogP contribution is -2.20. The number of hydrogen-bond donors (Lipinski definition) is 1.